The van der Waals surface area contributed by atoms with E-state index in [0.717, 1.165) is 9.75 Å². The summed E-state index contributed by atoms with van der Waals surface area (Å²) in [5, 5.41) is 0. The molecule has 0 aliphatic carbocycles. The molecular weight excluding hydrogens is 242 g/mol. The number of rotatable bonds is 1. The van der Waals surface area contributed by atoms with E-state index >= 15 is 0 Å². The Morgan fingerprint density at radius 2 is 1.65 bits per heavy atom. The van der Waals surface area contributed by atoms with Gasteiger partial charge in [0.1, 0.15) is 0 Å². The molecule has 1 aliphatic rings. The molecular formula is C11H11NO4S. The van der Waals surface area contributed by atoms with E-state index in [2.05, 4.69) is 0 Å². The van der Waals surface area contributed by atoms with Gasteiger partial charge in [-0.1, -0.05) is 0 Å². The minimum absolute atomic E-state index is 0.126. The van der Waals surface area contributed by atoms with Gasteiger partial charge in [-0.3, -0.25) is 9.59 Å². The van der Waals surface area contributed by atoms with Crippen molar-refractivity contribution < 1.29 is 19.1 Å². The standard InChI is InChI=1S/C11H11NO4S/c1-4-16-11(15)12-9(13)7-5(2)17-6(3)8(7)10(12)14/h4H2,1-3H3. The lowest BCUT2D eigenvalue weighted by Gasteiger charge is -2.11. The lowest BCUT2D eigenvalue weighted by atomic mass is 10.1. The van der Waals surface area contributed by atoms with Crippen molar-refractivity contribution in [1.29, 1.82) is 0 Å². The molecule has 0 saturated heterocycles. The Bertz CT molecular complexity index is 495. The van der Waals surface area contributed by atoms with Crippen molar-refractivity contribution in [3.63, 3.8) is 0 Å². The van der Waals surface area contributed by atoms with E-state index in [0.29, 0.717) is 16.0 Å². The topological polar surface area (TPSA) is 63.7 Å². The highest BCUT2D eigenvalue weighted by Crippen LogP contribution is 2.34. The van der Waals surface area contributed by atoms with Gasteiger partial charge in [-0.25, -0.2) is 4.79 Å². The third-order valence-electron chi connectivity index (χ3n) is 2.54. The van der Waals surface area contributed by atoms with E-state index in [9.17, 15) is 14.4 Å². The fraction of sp³-hybridized carbons (Fsp3) is 0.364. The zero-order chi connectivity index (χ0) is 12.7. The van der Waals surface area contributed by atoms with E-state index in [1.165, 1.54) is 11.3 Å². The van der Waals surface area contributed by atoms with Crippen LogP contribution >= 0.6 is 11.3 Å². The lowest BCUT2D eigenvalue weighted by molar-refractivity contribution is 0.0596. The first-order chi connectivity index (χ1) is 7.99. The van der Waals surface area contributed by atoms with Crippen LogP contribution in [0.3, 0.4) is 0 Å². The molecule has 0 spiro atoms. The summed E-state index contributed by atoms with van der Waals surface area (Å²) in [6.07, 6.45) is -0.900. The third-order valence-corrected chi connectivity index (χ3v) is 3.57. The Hall–Kier alpha value is -1.69. The smallest absolute Gasteiger partial charge is 0.424 e. The largest absolute Gasteiger partial charge is 0.449 e. The fourth-order valence-corrected chi connectivity index (χ4v) is 2.91. The molecule has 0 bridgehead atoms. The number of carbonyl (C=O) groups excluding carboxylic acids is 3. The lowest BCUT2D eigenvalue weighted by Crippen LogP contribution is -2.36. The molecule has 0 N–H and O–H groups in total. The molecule has 0 atom stereocenters. The second-order valence-electron chi connectivity index (χ2n) is 3.61. The molecule has 0 fully saturated rings. The molecule has 0 radical (unpaired) electrons. The van der Waals surface area contributed by atoms with E-state index in [1.54, 1.807) is 20.8 Å². The van der Waals surface area contributed by atoms with Crippen LogP contribution < -0.4 is 0 Å². The predicted molar refractivity (Wildman–Crippen MR) is 61.3 cm³/mol. The maximum Gasteiger partial charge on any atom is 0.424 e. The van der Waals surface area contributed by atoms with E-state index in [1.807, 2.05) is 0 Å². The number of ether oxygens (including phenoxy) is 1. The molecule has 17 heavy (non-hydrogen) atoms. The number of imide groups is 3. The Morgan fingerprint density at radius 1 is 1.18 bits per heavy atom. The van der Waals surface area contributed by atoms with Crippen molar-refractivity contribution in [2.45, 2.75) is 20.8 Å². The molecule has 0 unspecified atom stereocenters. The maximum absolute atomic E-state index is 12.0. The normalized spacial score (nSPS) is 14.2. The average Bonchev–Trinajstić information content (AvgIpc) is 2.66. The van der Waals surface area contributed by atoms with Gasteiger partial charge in [0.05, 0.1) is 17.7 Å². The molecule has 0 saturated carbocycles. The van der Waals surface area contributed by atoms with Gasteiger partial charge in [0.2, 0.25) is 0 Å². The van der Waals surface area contributed by atoms with Gasteiger partial charge in [-0.15, -0.1) is 11.3 Å². The van der Waals surface area contributed by atoms with Crippen molar-refractivity contribution in [1.82, 2.24) is 4.90 Å². The predicted octanol–water partition coefficient (Wildman–Crippen LogP) is 2.12. The average molecular weight is 253 g/mol. The van der Waals surface area contributed by atoms with Gasteiger partial charge < -0.3 is 4.74 Å². The Balaban J connectivity index is 2.46. The van der Waals surface area contributed by atoms with Gasteiger partial charge in [0.15, 0.2) is 0 Å². The number of carbonyl (C=O) groups is 3. The Morgan fingerprint density at radius 3 is 2.06 bits per heavy atom. The molecule has 2 rings (SSSR count). The first-order valence-electron chi connectivity index (χ1n) is 5.14. The minimum atomic E-state index is -0.900. The summed E-state index contributed by atoms with van der Waals surface area (Å²) in [7, 11) is 0. The van der Waals surface area contributed by atoms with Gasteiger partial charge in [0, 0.05) is 9.75 Å². The molecule has 5 nitrogen and oxygen atoms in total. The summed E-state index contributed by atoms with van der Waals surface area (Å²) >= 11 is 1.39. The number of amides is 3. The first kappa shape index (κ1) is 11.8. The summed E-state index contributed by atoms with van der Waals surface area (Å²) < 4.78 is 4.70. The molecule has 90 valence electrons. The summed E-state index contributed by atoms with van der Waals surface area (Å²) in [6, 6.07) is 0. The number of thiophene rings is 1. The number of aryl methyl sites for hydroxylation is 2. The number of hydrogen-bond acceptors (Lipinski definition) is 5. The molecule has 3 amide bonds. The summed E-state index contributed by atoms with van der Waals surface area (Å²) in [5.41, 5.74) is 0.677. The van der Waals surface area contributed by atoms with Crippen LogP contribution in [0.15, 0.2) is 0 Å². The van der Waals surface area contributed by atoms with Crippen LogP contribution in [0.2, 0.25) is 0 Å². The second-order valence-corrected chi connectivity index (χ2v) is 5.04. The maximum atomic E-state index is 12.0. The highest BCUT2D eigenvalue weighted by molar-refractivity contribution is 7.12. The van der Waals surface area contributed by atoms with Gasteiger partial charge in [-0.05, 0) is 20.8 Å². The molecule has 1 aromatic rings. The van der Waals surface area contributed by atoms with Crippen LogP contribution in [0, 0.1) is 13.8 Å². The van der Waals surface area contributed by atoms with E-state index < -0.39 is 17.9 Å². The SMILES string of the molecule is CCOC(=O)N1C(=O)c2c(C)sc(C)c2C1=O. The zero-order valence-electron chi connectivity index (χ0n) is 9.70. The van der Waals surface area contributed by atoms with Crippen LogP contribution in [-0.2, 0) is 4.74 Å². The van der Waals surface area contributed by atoms with E-state index in [-0.39, 0.29) is 6.61 Å². The van der Waals surface area contributed by atoms with Gasteiger partial charge >= 0.3 is 6.09 Å². The molecule has 6 heteroatoms. The highest BCUT2D eigenvalue weighted by atomic mass is 32.1. The fourth-order valence-electron chi connectivity index (χ4n) is 1.87. The molecule has 1 aliphatic heterocycles. The summed E-state index contributed by atoms with van der Waals surface area (Å²) in [5.74, 6) is -1.16. The quantitative estimate of drug-likeness (QED) is 0.719. The highest BCUT2D eigenvalue weighted by Gasteiger charge is 2.44. The third kappa shape index (κ3) is 1.56. The molecule has 1 aromatic heterocycles. The van der Waals surface area contributed by atoms with Crippen LogP contribution in [0.5, 0.6) is 0 Å². The number of hydrogen-bond donors (Lipinski definition) is 0. The van der Waals surface area contributed by atoms with E-state index in [4.69, 9.17) is 4.74 Å². The first-order valence-corrected chi connectivity index (χ1v) is 5.96. The number of nitrogens with zero attached hydrogens (tertiary/aromatic N) is 1. The van der Waals surface area contributed by atoms with Crippen molar-refractivity contribution >= 4 is 29.2 Å². The summed E-state index contributed by atoms with van der Waals surface area (Å²) in [4.78, 5) is 37.5. The Labute approximate surface area is 102 Å². The van der Waals surface area contributed by atoms with Crippen molar-refractivity contribution in [3.8, 4) is 0 Å². The van der Waals surface area contributed by atoms with Crippen LogP contribution in [0.1, 0.15) is 37.4 Å². The van der Waals surface area contributed by atoms with Crippen molar-refractivity contribution in [2.75, 3.05) is 6.61 Å². The van der Waals surface area contributed by atoms with Gasteiger partial charge in [0.25, 0.3) is 11.8 Å². The second kappa shape index (κ2) is 3.96. The van der Waals surface area contributed by atoms with Crippen molar-refractivity contribution in [3.05, 3.63) is 20.9 Å². The molecule has 0 aromatic carbocycles. The van der Waals surface area contributed by atoms with Crippen LogP contribution in [0.25, 0.3) is 0 Å². The van der Waals surface area contributed by atoms with Crippen LogP contribution in [0.4, 0.5) is 4.79 Å². The number of fused-ring (bicyclic) bond motifs is 1. The molecule has 2 heterocycles. The van der Waals surface area contributed by atoms with Gasteiger partial charge in [-0.2, -0.15) is 4.90 Å². The van der Waals surface area contributed by atoms with Crippen molar-refractivity contribution in [2.24, 2.45) is 0 Å². The van der Waals surface area contributed by atoms with Crippen LogP contribution in [-0.4, -0.2) is 29.4 Å². The monoisotopic (exact) mass is 253 g/mol. The Kier molecular flexibility index (Phi) is 2.74. The summed E-state index contributed by atoms with van der Waals surface area (Å²) in [6.45, 7) is 5.27. The zero-order valence-corrected chi connectivity index (χ0v) is 10.5. The minimum Gasteiger partial charge on any atom is -0.449 e.